The zero-order chi connectivity index (χ0) is 42.5. The molecule has 0 aliphatic carbocycles. The number of aryl methyl sites for hydroxylation is 2. The molecule has 0 atom stereocenters. The summed E-state index contributed by atoms with van der Waals surface area (Å²) in [5.74, 6) is -2.50. The normalized spacial score (nSPS) is 12.2. The number of phenolic OH excluding ortho intramolecular Hbond substituents is 6. The van der Waals surface area contributed by atoms with Gasteiger partial charge in [0.15, 0.2) is 23.0 Å². The molecule has 14 nitrogen and oxygen atoms in total. The molecule has 0 heterocycles. The van der Waals surface area contributed by atoms with Crippen LogP contribution in [0.5, 0.6) is 34.5 Å². The molecule has 0 unspecified atom stereocenters. The molecular weight excluding hydrogens is 748 g/mol. The Bertz CT molecular complexity index is 1930. The van der Waals surface area contributed by atoms with Crippen LogP contribution >= 0.6 is 0 Å². The van der Waals surface area contributed by atoms with Gasteiger partial charge in [-0.05, 0) is 47.6 Å². The molecule has 0 aliphatic rings. The monoisotopic (exact) mass is 808 g/mol. The first-order valence-electron chi connectivity index (χ1n) is 19.6. The lowest BCUT2D eigenvalue weighted by molar-refractivity contribution is 0.0268. The molecule has 4 rings (SSSR count). The molecule has 0 aromatic heterocycles. The highest BCUT2D eigenvalue weighted by Crippen LogP contribution is 2.54. The lowest BCUT2D eigenvalue weighted by atomic mass is 9.83. The second-order valence-corrected chi connectivity index (χ2v) is 14.5. The average molecular weight is 809 g/mol. The molecule has 0 bridgehead atoms. The number of ether oxygens (including phenoxy) is 6. The van der Waals surface area contributed by atoms with E-state index in [1.165, 1.54) is 12.4 Å². The van der Waals surface area contributed by atoms with Gasteiger partial charge in [-0.2, -0.15) is 0 Å². The molecule has 0 saturated heterocycles. The Kier molecular flexibility index (Phi) is 17.4. The predicted octanol–water partition coefficient (Wildman–Crippen LogP) is 6.95. The van der Waals surface area contributed by atoms with Gasteiger partial charge in [0.05, 0.1) is 79.2 Å². The van der Waals surface area contributed by atoms with Crippen molar-refractivity contribution in [3.05, 3.63) is 45.5 Å². The van der Waals surface area contributed by atoms with Crippen LogP contribution in [0.1, 0.15) is 72.9 Å². The zero-order valence-electron chi connectivity index (χ0n) is 35.0. The Hall–Kier alpha value is -4.70. The van der Waals surface area contributed by atoms with Crippen molar-refractivity contribution in [3.8, 4) is 45.6 Å². The summed E-state index contributed by atoms with van der Waals surface area (Å²) >= 11 is 0. The fourth-order valence-corrected chi connectivity index (χ4v) is 7.10. The number of benzene rings is 4. The highest BCUT2D eigenvalue weighted by atomic mass is 16.5. The van der Waals surface area contributed by atoms with Crippen molar-refractivity contribution >= 4 is 34.0 Å². The standard InChI is InChI=1S/C44H60N2O12/c1-25(2)33-29-21-27(5)35(41(49)37(29)31(39(47)43(33)51)23-45-9-11-55-17-19-57-15-13-53-7)36-28(6)22-30-34(26(3)4)44(52)40(48)32(38(30)42(36)50)24-46-10-12-56-18-20-58-16-14-54-8/h21-26,47-52H,9-20H2,1-8H3. The third-order valence-corrected chi connectivity index (χ3v) is 9.77. The fraction of sp³-hybridized carbons (Fsp3) is 0.500. The predicted molar refractivity (Wildman–Crippen MR) is 226 cm³/mol. The van der Waals surface area contributed by atoms with E-state index in [9.17, 15) is 30.6 Å². The maximum absolute atomic E-state index is 12.3. The number of aromatic hydroxyl groups is 6. The first-order valence-corrected chi connectivity index (χ1v) is 19.6. The van der Waals surface area contributed by atoms with Crippen LogP contribution in [0.3, 0.4) is 0 Å². The SMILES string of the molecule is COCCOCCOCCN=Cc1c(O)c(O)c(C(C)C)c2cc(C)c(-c3c(C)cc4c(C(C)C)c(O)c(O)c(C=NCCOCCOCCOC)c4c3O)c(O)c12. The van der Waals surface area contributed by atoms with Crippen LogP contribution in [-0.2, 0) is 28.4 Å². The van der Waals surface area contributed by atoms with Gasteiger partial charge in [-0.3, -0.25) is 9.98 Å². The van der Waals surface area contributed by atoms with Crippen LogP contribution in [0, 0.1) is 13.8 Å². The van der Waals surface area contributed by atoms with Crippen molar-refractivity contribution in [1.29, 1.82) is 0 Å². The molecule has 0 fully saturated rings. The quantitative estimate of drug-likeness (QED) is 0.0256. The van der Waals surface area contributed by atoms with Gasteiger partial charge >= 0.3 is 0 Å². The third-order valence-electron chi connectivity index (χ3n) is 9.77. The van der Waals surface area contributed by atoms with Crippen LogP contribution in [0.4, 0.5) is 0 Å². The summed E-state index contributed by atoms with van der Waals surface area (Å²) in [7, 11) is 3.20. The largest absolute Gasteiger partial charge is 0.507 e. The first kappa shape index (κ1) is 46.0. The van der Waals surface area contributed by atoms with E-state index in [2.05, 4.69) is 9.98 Å². The van der Waals surface area contributed by atoms with Crippen LogP contribution in [0.25, 0.3) is 32.7 Å². The van der Waals surface area contributed by atoms with Gasteiger partial charge in [-0.1, -0.05) is 39.8 Å². The number of nitrogens with zero attached hydrogens (tertiary/aromatic N) is 2. The first-order chi connectivity index (χ1) is 27.8. The Labute approximate surface area is 340 Å². The smallest absolute Gasteiger partial charge is 0.167 e. The van der Waals surface area contributed by atoms with Gasteiger partial charge in [0.25, 0.3) is 0 Å². The van der Waals surface area contributed by atoms with Gasteiger partial charge in [-0.25, -0.2) is 0 Å². The third kappa shape index (κ3) is 10.5. The number of hydrogen-bond acceptors (Lipinski definition) is 14. The van der Waals surface area contributed by atoms with E-state index in [-0.39, 0.29) is 94.2 Å². The Morgan fingerprint density at radius 2 is 0.810 bits per heavy atom. The van der Waals surface area contributed by atoms with Crippen molar-refractivity contribution in [2.24, 2.45) is 9.98 Å². The molecule has 318 valence electrons. The van der Waals surface area contributed by atoms with Gasteiger partial charge in [0, 0.05) is 70.8 Å². The van der Waals surface area contributed by atoms with Gasteiger partial charge in [0.1, 0.15) is 11.5 Å². The Morgan fingerprint density at radius 3 is 1.14 bits per heavy atom. The highest BCUT2D eigenvalue weighted by Gasteiger charge is 2.29. The van der Waals surface area contributed by atoms with Crippen molar-refractivity contribution < 1.29 is 59.1 Å². The van der Waals surface area contributed by atoms with Crippen LogP contribution in [0.2, 0.25) is 0 Å². The maximum Gasteiger partial charge on any atom is 0.167 e. The summed E-state index contributed by atoms with van der Waals surface area (Å²) in [6, 6.07) is 3.62. The molecule has 0 amide bonds. The van der Waals surface area contributed by atoms with Crippen molar-refractivity contribution in [2.75, 3.05) is 93.4 Å². The van der Waals surface area contributed by atoms with E-state index in [4.69, 9.17) is 28.4 Å². The summed E-state index contributed by atoms with van der Waals surface area (Å²) in [5, 5.41) is 71.4. The lowest BCUT2D eigenvalue weighted by Crippen LogP contribution is -2.09. The summed E-state index contributed by atoms with van der Waals surface area (Å²) in [4.78, 5) is 8.90. The van der Waals surface area contributed by atoms with Crippen LogP contribution < -0.4 is 0 Å². The summed E-state index contributed by atoms with van der Waals surface area (Å²) in [6.45, 7) is 15.5. The molecule has 0 aliphatic heterocycles. The van der Waals surface area contributed by atoms with E-state index >= 15 is 0 Å². The van der Waals surface area contributed by atoms with Crippen molar-refractivity contribution in [2.45, 2.75) is 53.4 Å². The molecule has 4 aromatic rings. The minimum absolute atomic E-state index is 0.0951. The summed E-state index contributed by atoms with van der Waals surface area (Å²) in [5.41, 5.74) is 2.77. The molecule has 4 aromatic carbocycles. The number of methoxy groups -OCH3 is 2. The number of fused-ring (bicyclic) bond motifs is 2. The van der Waals surface area contributed by atoms with E-state index in [1.807, 2.05) is 39.8 Å². The number of hydrogen-bond donors (Lipinski definition) is 6. The van der Waals surface area contributed by atoms with Gasteiger partial charge < -0.3 is 59.1 Å². The van der Waals surface area contributed by atoms with Crippen molar-refractivity contribution in [3.63, 3.8) is 0 Å². The molecule has 58 heavy (non-hydrogen) atoms. The minimum Gasteiger partial charge on any atom is -0.507 e. The van der Waals surface area contributed by atoms with Crippen LogP contribution in [0.15, 0.2) is 22.1 Å². The number of aliphatic imine (C=N–C) groups is 2. The molecular formula is C44H60N2O12. The molecule has 0 spiro atoms. The zero-order valence-corrected chi connectivity index (χ0v) is 35.0. The number of phenols is 6. The maximum atomic E-state index is 12.3. The summed E-state index contributed by atoms with van der Waals surface area (Å²) < 4.78 is 32.0. The van der Waals surface area contributed by atoms with E-state index in [1.54, 1.807) is 28.1 Å². The van der Waals surface area contributed by atoms with Gasteiger partial charge in [-0.15, -0.1) is 0 Å². The van der Waals surface area contributed by atoms with E-state index in [0.29, 0.717) is 85.9 Å². The Morgan fingerprint density at radius 1 is 0.483 bits per heavy atom. The fourth-order valence-electron chi connectivity index (χ4n) is 7.10. The van der Waals surface area contributed by atoms with Gasteiger partial charge in [0.2, 0.25) is 0 Å². The second-order valence-electron chi connectivity index (χ2n) is 14.5. The average Bonchev–Trinajstić information content (AvgIpc) is 3.17. The summed E-state index contributed by atoms with van der Waals surface area (Å²) in [6.07, 6.45) is 2.79. The molecule has 0 saturated carbocycles. The Balaban J connectivity index is 1.84. The lowest BCUT2D eigenvalue weighted by Gasteiger charge is -2.23. The molecule has 0 radical (unpaired) electrons. The van der Waals surface area contributed by atoms with E-state index < -0.39 is 11.5 Å². The number of rotatable bonds is 23. The van der Waals surface area contributed by atoms with E-state index in [0.717, 1.165) is 0 Å². The molecule has 14 heteroatoms. The topological polar surface area (TPSA) is 201 Å². The van der Waals surface area contributed by atoms with Crippen molar-refractivity contribution in [1.82, 2.24) is 0 Å². The second kappa shape index (κ2) is 21.9. The molecule has 6 N–H and O–H groups in total. The highest BCUT2D eigenvalue weighted by molar-refractivity contribution is 6.15. The minimum atomic E-state index is -0.444. The van der Waals surface area contributed by atoms with Crippen LogP contribution in [-0.4, -0.2) is 136 Å².